The first-order chi connectivity index (χ1) is 13.9. The molecule has 150 valence electrons. The molecule has 1 aromatic heterocycles. The van der Waals surface area contributed by atoms with E-state index in [2.05, 4.69) is 5.10 Å². The van der Waals surface area contributed by atoms with Gasteiger partial charge >= 0.3 is 0 Å². The lowest BCUT2D eigenvalue weighted by Gasteiger charge is -2.17. The fourth-order valence-corrected chi connectivity index (χ4v) is 3.22. The van der Waals surface area contributed by atoms with Gasteiger partial charge in [0.25, 0.3) is 11.7 Å². The van der Waals surface area contributed by atoms with Gasteiger partial charge in [-0.25, -0.2) is 4.68 Å². The van der Waals surface area contributed by atoms with Crippen molar-refractivity contribution in [1.82, 2.24) is 14.7 Å². The summed E-state index contributed by atoms with van der Waals surface area (Å²) < 4.78 is 7.28. The van der Waals surface area contributed by atoms with Crippen molar-refractivity contribution in [3.05, 3.63) is 76.6 Å². The topological polar surface area (TPSA) is 64.4 Å². The first-order valence-corrected chi connectivity index (χ1v) is 9.56. The molecule has 0 saturated carbocycles. The number of hydrogen-bond donors (Lipinski definition) is 0. The summed E-state index contributed by atoms with van der Waals surface area (Å²) in [5.41, 5.74) is 2.32. The van der Waals surface area contributed by atoms with Crippen molar-refractivity contribution in [3.8, 4) is 11.4 Å². The van der Waals surface area contributed by atoms with E-state index in [1.807, 2.05) is 42.5 Å². The van der Waals surface area contributed by atoms with E-state index in [0.29, 0.717) is 27.7 Å². The molecule has 29 heavy (non-hydrogen) atoms. The zero-order valence-electron chi connectivity index (χ0n) is 16.6. The number of amides is 1. The molecule has 3 rings (SSSR count). The molecule has 1 amide bonds. The van der Waals surface area contributed by atoms with Crippen LogP contribution in [0.15, 0.2) is 54.6 Å². The highest BCUT2D eigenvalue weighted by atomic mass is 35.5. The monoisotopic (exact) mass is 411 g/mol. The lowest BCUT2D eigenvalue weighted by atomic mass is 10.1. The van der Waals surface area contributed by atoms with Crippen LogP contribution in [0.3, 0.4) is 0 Å². The van der Waals surface area contributed by atoms with E-state index in [1.54, 1.807) is 37.7 Å². The molecule has 0 aliphatic carbocycles. The molecule has 0 unspecified atom stereocenters. The minimum atomic E-state index is -0.605. The Labute approximate surface area is 174 Å². The van der Waals surface area contributed by atoms with Gasteiger partial charge in [0.15, 0.2) is 0 Å². The molecular formula is C22H22ClN3O3. The Balaban J connectivity index is 1.69. The smallest absolute Gasteiger partial charge is 0.294 e. The van der Waals surface area contributed by atoms with Gasteiger partial charge in [0.05, 0.1) is 34.2 Å². The Hall–Kier alpha value is -3.12. The molecule has 2 aromatic carbocycles. The molecule has 0 aliphatic heterocycles. The summed E-state index contributed by atoms with van der Waals surface area (Å²) in [6, 6.07) is 16.6. The second-order valence-corrected chi connectivity index (χ2v) is 7.04. The van der Waals surface area contributed by atoms with Crippen molar-refractivity contribution in [2.75, 3.05) is 20.2 Å². The number of carbonyl (C=O) groups is 2. The molecule has 6 nitrogen and oxygen atoms in total. The minimum absolute atomic E-state index is 0.223. The van der Waals surface area contributed by atoms with Crippen LogP contribution in [0.1, 0.15) is 21.7 Å². The Morgan fingerprint density at radius 1 is 1.07 bits per heavy atom. The van der Waals surface area contributed by atoms with E-state index in [4.69, 9.17) is 16.3 Å². The van der Waals surface area contributed by atoms with Gasteiger partial charge in [-0.2, -0.15) is 5.10 Å². The summed E-state index contributed by atoms with van der Waals surface area (Å²) in [4.78, 5) is 26.9. The SMILES string of the molecule is Cc1nn(-c2ccccc2)c(C)c1C(=O)C(=O)N(C)CCOc1ccccc1Cl. The van der Waals surface area contributed by atoms with Crippen molar-refractivity contribution >= 4 is 23.3 Å². The Morgan fingerprint density at radius 2 is 1.72 bits per heavy atom. The van der Waals surface area contributed by atoms with E-state index in [0.717, 1.165) is 5.69 Å². The number of nitrogens with zero attached hydrogens (tertiary/aromatic N) is 3. The zero-order valence-corrected chi connectivity index (χ0v) is 17.3. The maximum absolute atomic E-state index is 12.9. The standard InChI is InChI=1S/C22H22ClN3O3/c1-15-20(16(2)26(24-15)17-9-5-4-6-10-17)21(27)22(28)25(3)13-14-29-19-12-8-7-11-18(19)23/h4-12H,13-14H2,1-3H3. The number of carbonyl (C=O) groups excluding carboxylic acids is 2. The molecule has 0 saturated heterocycles. The number of likely N-dealkylation sites (N-methyl/N-ethyl adjacent to an activating group) is 1. The van der Waals surface area contributed by atoms with Crippen LogP contribution in [0.25, 0.3) is 5.69 Å². The summed E-state index contributed by atoms with van der Waals surface area (Å²) in [6.45, 7) is 3.99. The van der Waals surface area contributed by atoms with Crippen molar-refractivity contribution < 1.29 is 14.3 Å². The number of ketones is 1. The number of aromatic nitrogens is 2. The van der Waals surface area contributed by atoms with Gasteiger partial charge in [-0.15, -0.1) is 0 Å². The van der Waals surface area contributed by atoms with Crippen LogP contribution >= 0.6 is 11.6 Å². The molecule has 0 atom stereocenters. The highest BCUT2D eigenvalue weighted by Gasteiger charge is 2.27. The Kier molecular flexibility index (Phi) is 6.34. The molecule has 1 heterocycles. The molecule has 7 heteroatoms. The average Bonchev–Trinajstić information content (AvgIpc) is 3.03. The average molecular weight is 412 g/mol. The molecule has 0 spiro atoms. The first-order valence-electron chi connectivity index (χ1n) is 9.19. The number of para-hydroxylation sites is 2. The second-order valence-electron chi connectivity index (χ2n) is 6.63. The van der Waals surface area contributed by atoms with Gasteiger partial charge in [0.2, 0.25) is 0 Å². The lowest BCUT2D eigenvalue weighted by Crippen LogP contribution is -2.36. The molecule has 0 radical (unpaired) electrons. The maximum Gasteiger partial charge on any atom is 0.294 e. The van der Waals surface area contributed by atoms with Gasteiger partial charge in [-0.3, -0.25) is 9.59 Å². The summed E-state index contributed by atoms with van der Waals surface area (Å²) >= 11 is 6.05. The summed E-state index contributed by atoms with van der Waals surface area (Å²) in [5, 5.41) is 4.94. The number of hydrogen-bond acceptors (Lipinski definition) is 4. The quantitative estimate of drug-likeness (QED) is 0.437. The van der Waals surface area contributed by atoms with E-state index in [9.17, 15) is 9.59 Å². The van der Waals surface area contributed by atoms with E-state index in [1.165, 1.54) is 4.90 Å². The molecule has 0 aliphatic rings. The van der Waals surface area contributed by atoms with Gasteiger partial charge in [0, 0.05) is 7.05 Å². The van der Waals surface area contributed by atoms with Crippen LogP contribution in [-0.4, -0.2) is 46.6 Å². The van der Waals surface area contributed by atoms with Crippen LogP contribution in [-0.2, 0) is 4.79 Å². The maximum atomic E-state index is 12.9. The molecule has 3 aromatic rings. The number of halogens is 1. The predicted octanol–water partition coefficient (Wildman–Crippen LogP) is 3.86. The predicted molar refractivity (Wildman–Crippen MR) is 112 cm³/mol. The van der Waals surface area contributed by atoms with E-state index in [-0.39, 0.29) is 13.2 Å². The second kappa shape index (κ2) is 8.92. The number of Topliss-reactive ketones (excluding diaryl/α,β-unsaturated/α-hetero) is 1. The van der Waals surface area contributed by atoms with Crippen molar-refractivity contribution in [2.24, 2.45) is 0 Å². The fourth-order valence-electron chi connectivity index (χ4n) is 3.03. The molecule has 0 N–H and O–H groups in total. The summed E-state index contributed by atoms with van der Waals surface area (Å²) in [6.07, 6.45) is 0. The Morgan fingerprint density at radius 3 is 2.41 bits per heavy atom. The molecule has 0 bridgehead atoms. The summed E-state index contributed by atoms with van der Waals surface area (Å²) in [7, 11) is 1.57. The summed E-state index contributed by atoms with van der Waals surface area (Å²) in [5.74, 6) is -0.647. The van der Waals surface area contributed by atoms with Crippen molar-refractivity contribution in [1.29, 1.82) is 0 Å². The van der Waals surface area contributed by atoms with Gasteiger partial charge in [-0.05, 0) is 38.1 Å². The zero-order chi connectivity index (χ0) is 21.0. The van der Waals surface area contributed by atoms with Gasteiger partial charge in [-0.1, -0.05) is 41.9 Å². The molecule has 0 fully saturated rings. The third kappa shape index (κ3) is 4.49. The van der Waals surface area contributed by atoms with Crippen LogP contribution in [0.2, 0.25) is 5.02 Å². The third-order valence-electron chi connectivity index (χ3n) is 4.58. The van der Waals surface area contributed by atoms with Crippen LogP contribution in [0, 0.1) is 13.8 Å². The normalized spacial score (nSPS) is 10.6. The Bertz CT molecular complexity index is 1030. The lowest BCUT2D eigenvalue weighted by molar-refractivity contribution is -0.125. The largest absolute Gasteiger partial charge is 0.490 e. The van der Waals surface area contributed by atoms with Crippen molar-refractivity contribution in [3.63, 3.8) is 0 Å². The number of aryl methyl sites for hydroxylation is 1. The van der Waals surface area contributed by atoms with E-state index < -0.39 is 11.7 Å². The number of rotatable bonds is 7. The van der Waals surface area contributed by atoms with E-state index >= 15 is 0 Å². The number of benzene rings is 2. The first kappa shape index (κ1) is 20.6. The highest BCUT2D eigenvalue weighted by Crippen LogP contribution is 2.23. The number of ether oxygens (including phenoxy) is 1. The van der Waals surface area contributed by atoms with Gasteiger partial charge in [0.1, 0.15) is 12.4 Å². The fraction of sp³-hybridized carbons (Fsp3) is 0.227. The van der Waals surface area contributed by atoms with Gasteiger partial charge < -0.3 is 9.64 Å². The van der Waals surface area contributed by atoms with Crippen LogP contribution < -0.4 is 4.74 Å². The molecular weight excluding hydrogens is 390 g/mol. The third-order valence-corrected chi connectivity index (χ3v) is 4.89. The van der Waals surface area contributed by atoms with Crippen LogP contribution in [0.5, 0.6) is 5.75 Å². The highest BCUT2D eigenvalue weighted by molar-refractivity contribution is 6.43. The minimum Gasteiger partial charge on any atom is -0.490 e. The van der Waals surface area contributed by atoms with Crippen LogP contribution in [0.4, 0.5) is 0 Å². The van der Waals surface area contributed by atoms with Crippen molar-refractivity contribution in [2.45, 2.75) is 13.8 Å².